The molecule has 0 aromatic heterocycles. The van der Waals surface area contributed by atoms with Crippen LogP contribution in [0.4, 0.5) is 0 Å². The van der Waals surface area contributed by atoms with Crippen LogP contribution in [0.2, 0.25) is 0 Å². The quantitative estimate of drug-likeness (QED) is 0.895. The third kappa shape index (κ3) is 6.15. The molecule has 1 unspecified atom stereocenters. The van der Waals surface area contributed by atoms with Gasteiger partial charge in [0.1, 0.15) is 0 Å². The highest BCUT2D eigenvalue weighted by Gasteiger charge is 2.07. The van der Waals surface area contributed by atoms with E-state index in [1.807, 2.05) is 0 Å². The van der Waals surface area contributed by atoms with Gasteiger partial charge in [-0.25, -0.2) is 0 Å². The second-order valence-electron chi connectivity index (χ2n) is 5.08. The van der Waals surface area contributed by atoms with Crippen molar-refractivity contribution in [2.24, 2.45) is 5.73 Å². The second-order valence-corrected chi connectivity index (χ2v) is 5.08. The van der Waals surface area contributed by atoms with Gasteiger partial charge in [0.15, 0.2) is 0 Å². The van der Waals surface area contributed by atoms with Crippen molar-refractivity contribution in [2.45, 2.75) is 39.0 Å². The van der Waals surface area contributed by atoms with E-state index in [4.69, 9.17) is 10.5 Å². The van der Waals surface area contributed by atoms with Gasteiger partial charge >= 0.3 is 0 Å². The highest BCUT2D eigenvalue weighted by Crippen LogP contribution is 2.09. The number of rotatable bonds is 3. The summed E-state index contributed by atoms with van der Waals surface area (Å²) in [7, 11) is 4.13. The molecule has 3 nitrogen and oxygen atoms in total. The van der Waals surface area contributed by atoms with Gasteiger partial charge in [-0.15, -0.1) is 0 Å². The Morgan fingerprint density at radius 3 is 2.17 bits per heavy atom. The molecule has 0 spiro atoms. The fourth-order valence-corrected chi connectivity index (χ4v) is 1.88. The van der Waals surface area contributed by atoms with Gasteiger partial charge in [-0.2, -0.15) is 0 Å². The van der Waals surface area contributed by atoms with Gasteiger partial charge in [0.2, 0.25) is 0 Å². The van der Waals surface area contributed by atoms with Crippen molar-refractivity contribution in [3.05, 3.63) is 35.4 Å². The average molecular weight is 250 g/mol. The highest BCUT2D eigenvalue weighted by atomic mass is 16.5. The lowest BCUT2D eigenvalue weighted by molar-refractivity contribution is 0.125. The molecule has 0 amide bonds. The van der Waals surface area contributed by atoms with Crippen LogP contribution >= 0.6 is 0 Å². The molecule has 0 aliphatic carbocycles. The molecule has 18 heavy (non-hydrogen) atoms. The number of benzene rings is 1. The molecule has 1 aliphatic rings. The van der Waals surface area contributed by atoms with E-state index >= 15 is 0 Å². The molecule has 1 atom stereocenters. The van der Waals surface area contributed by atoms with Crippen molar-refractivity contribution in [2.75, 3.05) is 20.7 Å². The monoisotopic (exact) mass is 250 g/mol. The summed E-state index contributed by atoms with van der Waals surface area (Å²) >= 11 is 0. The molecule has 0 radical (unpaired) electrons. The minimum atomic E-state index is 0.546. The van der Waals surface area contributed by atoms with Crippen molar-refractivity contribution in [1.29, 1.82) is 0 Å². The molecule has 0 bridgehead atoms. The fourth-order valence-electron chi connectivity index (χ4n) is 1.88. The number of nitrogens with zero attached hydrogens (tertiary/aromatic N) is 1. The van der Waals surface area contributed by atoms with E-state index in [-0.39, 0.29) is 0 Å². The third-order valence-corrected chi connectivity index (χ3v) is 2.91. The summed E-state index contributed by atoms with van der Waals surface area (Å²) in [6, 6.07) is 8.42. The summed E-state index contributed by atoms with van der Waals surface area (Å²) in [6.07, 6.45) is 3.08. The van der Waals surface area contributed by atoms with Gasteiger partial charge in [-0.05, 0) is 45.0 Å². The molecule has 1 heterocycles. The van der Waals surface area contributed by atoms with Crippen molar-refractivity contribution < 1.29 is 4.74 Å². The molecule has 3 heteroatoms. The lowest BCUT2D eigenvalue weighted by atomic mass is 10.1. The van der Waals surface area contributed by atoms with E-state index in [2.05, 4.69) is 50.2 Å². The molecule has 0 saturated carbocycles. The molecule has 102 valence electrons. The van der Waals surface area contributed by atoms with Crippen molar-refractivity contribution in [3.8, 4) is 0 Å². The first-order chi connectivity index (χ1) is 8.61. The summed E-state index contributed by atoms with van der Waals surface area (Å²) < 4.78 is 5.15. The van der Waals surface area contributed by atoms with Gasteiger partial charge < -0.3 is 15.4 Å². The van der Waals surface area contributed by atoms with Crippen molar-refractivity contribution >= 4 is 0 Å². The molecule has 2 N–H and O–H groups in total. The molecule has 1 aromatic rings. The standard InChI is InChI=1S/C10H16N2.C5H10O/c1-12(2)8-10-5-3-9(7-11)4-6-10;1-5-3-2-4-6-5/h3-6H,7-8,11H2,1-2H3;5H,2-4H2,1H3. The summed E-state index contributed by atoms with van der Waals surface area (Å²) in [5.41, 5.74) is 8.01. The SMILES string of the molecule is CC1CCCO1.CN(C)Cc1ccc(CN)cc1. The van der Waals surface area contributed by atoms with E-state index in [9.17, 15) is 0 Å². The van der Waals surface area contributed by atoms with Gasteiger partial charge in [0.25, 0.3) is 0 Å². The van der Waals surface area contributed by atoms with Crippen LogP contribution in [0, 0.1) is 0 Å². The fraction of sp³-hybridized carbons (Fsp3) is 0.600. The molecule has 1 fully saturated rings. The second kappa shape index (κ2) is 8.25. The Morgan fingerprint density at radius 2 is 1.83 bits per heavy atom. The molecule has 1 aliphatic heterocycles. The maximum absolute atomic E-state index is 5.49. The van der Waals surface area contributed by atoms with E-state index in [0.717, 1.165) is 13.2 Å². The molecule has 1 aromatic carbocycles. The first-order valence-electron chi connectivity index (χ1n) is 6.66. The Kier molecular flexibility index (Phi) is 6.94. The van der Waals surface area contributed by atoms with Gasteiger partial charge in [0.05, 0.1) is 6.10 Å². The normalized spacial score (nSPS) is 18.6. The maximum atomic E-state index is 5.49. The number of hydrogen-bond donors (Lipinski definition) is 1. The van der Waals surface area contributed by atoms with Gasteiger partial charge in [-0.3, -0.25) is 0 Å². The van der Waals surface area contributed by atoms with Crippen LogP contribution in [0.1, 0.15) is 30.9 Å². The van der Waals surface area contributed by atoms with E-state index < -0.39 is 0 Å². The van der Waals surface area contributed by atoms with E-state index in [1.165, 1.54) is 24.0 Å². The van der Waals surface area contributed by atoms with Crippen LogP contribution in [0.5, 0.6) is 0 Å². The van der Waals surface area contributed by atoms with Crippen LogP contribution in [-0.2, 0) is 17.8 Å². The lowest BCUT2D eigenvalue weighted by Crippen LogP contribution is -2.10. The van der Waals surface area contributed by atoms with E-state index in [1.54, 1.807) is 0 Å². The Balaban J connectivity index is 0.000000225. The smallest absolute Gasteiger partial charge is 0.0547 e. The lowest BCUT2D eigenvalue weighted by Gasteiger charge is -2.09. The predicted octanol–water partition coefficient (Wildman–Crippen LogP) is 2.39. The summed E-state index contributed by atoms with van der Waals surface area (Å²) in [4.78, 5) is 2.15. The van der Waals surface area contributed by atoms with Crippen LogP contribution in [0.25, 0.3) is 0 Å². The van der Waals surface area contributed by atoms with E-state index in [0.29, 0.717) is 12.6 Å². The van der Waals surface area contributed by atoms with Crippen molar-refractivity contribution in [3.63, 3.8) is 0 Å². The zero-order valence-corrected chi connectivity index (χ0v) is 11.9. The Bertz CT molecular complexity index is 316. The Labute approximate surface area is 111 Å². The van der Waals surface area contributed by atoms with Crippen LogP contribution < -0.4 is 5.73 Å². The minimum Gasteiger partial charge on any atom is -0.379 e. The summed E-state index contributed by atoms with van der Waals surface area (Å²) in [5, 5.41) is 0. The molecular weight excluding hydrogens is 224 g/mol. The zero-order valence-electron chi connectivity index (χ0n) is 11.9. The van der Waals surface area contributed by atoms with Crippen LogP contribution in [0.15, 0.2) is 24.3 Å². The number of nitrogens with two attached hydrogens (primary N) is 1. The zero-order chi connectivity index (χ0) is 13.4. The topological polar surface area (TPSA) is 38.5 Å². The Morgan fingerprint density at radius 1 is 1.22 bits per heavy atom. The maximum Gasteiger partial charge on any atom is 0.0547 e. The molecular formula is C15H26N2O. The number of ether oxygens (including phenoxy) is 1. The summed E-state index contributed by atoms with van der Waals surface area (Å²) in [6.45, 7) is 4.72. The first kappa shape index (κ1) is 15.2. The minimum absolute atomic E-state index is 0.546. The average Bonchev–Trinajstić information content (AvgIpc) is 2.81. The Hall–Kier alpha value is -0.900. The van der Waals surface area contributed by atoms with Gasteiger partial charge in [-0.1, -0.05) is 24.3 Å². The molecule has 2 rings (SSSR count). The van der Waals surface area contributed by atoms with Crippen LogP contribution in [-0.4, -0.2) is 31.7 Å². The molecule has 1 saturated heterocycles. The van der Waals surface area contributed by atoms with Crippen molar-refractivity contribution in [1.82, 2.24) is 4.90 Å². The number of hydrogen-bond acceptors (Lipinski definition) is 3. The highest BCUT2D eigenvalue weighted by molar-refractivity contribution is 5.22. The van der Waals surface area contributed by atoms with Crippen LogP contribution in [0.3, 0.4) is 0 Å². The largest absolute Gasteiger partial charge is 0.379 e. The third-order valence-electron chi connectivity index (χ3n) is 2.91. The van der Waals surface area contributed by atoms with Gasteiger partial charge in [0, 0.05) is 19.7 Å². The predicted molar refractivity (Wildman–Crippen MR) is 76.4 cm³/mol. The first-order valence-corrected chi connectivity index (χ1v) is 6.66. The summed E-state index contributed by atoms with van der Waals surface area (Å²) in [5.74, 6) is 0.